The number of hydrogen-bond donors (Lipinski definition) is 3. The molecule has 1 aromatic rings. The normalized spacial score (nSPS) is 19.3. The minimum Gasteiger partial charge on any atom is -0.352 e. The van der Waals surface area contributed by atoms with Gasteiger partial charge in [0.05, 0.1) is 0 Å². The predicted octanol–water partition coefficient (Wildman–Crippen LogP) is 2.51. The van der Waals surface area contributed by atoms with Gasteiger partial charge in [0.15, 0.2) is 5.96 Å². The molecule has 2 amide bonds. The zero-order valence-corrected chi connectivity index (χ0v) is 20.3. The number of carbonyl (C=O) groups excluding carboxylic acids is 2. The Labute approximate surface area is 196 Å². The van der Waals surface area contributed by atoms with E-state index in [4.69, 9.17) is 0 Å². The monoisotopic (exact) mass is 527 g/mol. The third-order valence-electron chi connectivity index (χ3n) is 5.76. The highest BCUT2D eigenvalue weighted by Crippen LogP contribution is 2.27. The summed E-state index contributed by atoms with van der Waals surface area (Å²) in [6, 6.07) is 7.80. The molecule has 1 heterocycles. The van der Waals surface area contributed by atoms with Gasteiger partial charge in [-0.3, -0.25) is 14.6 Å². The van der Waals surface area contributed by atoms with Gasteiger partial charge in [-0.1, -0.05) is 25.0 Å². The molecule has 1 aliphatic heterocycles. The molecule has 2 fully saturated rings. The largest absolute Gasteiger partial charge is 0.352 e. The first-order chi connectivity index (χ1) is 14.1. The Morgan fingerprint density at radius 1 is 1.17 bits per heavy atom. The molecule has 3 N–H and O–H groups in total. The van der Waals surface area contributed by atoms with Gasteiger partial charge in [0, 0.05) is 50.7 Å². The summed E-state index contributed by atoms with van der Waals surface area (Å²) in [5.41, 5.74) is 1.67. The smallest absolute Gasteiger partial charge is 0.251 e. The van der Waals surface area contributed by atoms with E-state index < -0.39 is 0 Å². The molecule has 1 aromatic carbocycles. The Morgan fingerprint density at radius 3 is 2.63 bits per heavy atom. The average Bonchev–Trinajstić information content (AvgIpc) is 3.43. The fraction of sp³-hybridized carbons (Fsp3) is 0.591. The summed E-state index contributed by atoms with van der Waals surface area (Å²) in [6.45, 7) is 4.65. The van der Waals surface area contributed by atoms with Crippen LogP contribution >= 0.6 is 24.0 Å². The minimum atomic E-state index is -0.0603. The molecular formula is C22H34IN5O2. The van der Waals surface area contributed by atoms with Gasteiger partial charge in [-0.25, -0.2) is 0 Å². The third-order valence-corrected chi connectivity index (χ3v) is 5.76. The van der Waals surface area contributed by atoms with Crippen molar-refractivity contribution in [1.29, 1.82) is 0 Å². The minimum absolute atomic E-state index is 0. The Bertz CT molecular complexity index is 749. The molecule has 0 spiro atoms. The van der Waals surface area contributed by atoms with Crippen LogP contribution in [0, 0.1) is 5.92 Å². The number of nitrogens with zero attached hydrogens (tertiary/aromatic N) is 2. The van der Waals surface area contributed by atoms with Gasteiger partial charge in [0.25, 0.3) is 5.91 Å². The molecule has 0 bridgehead atoms. The van der Waals surface area contributed by atoms with Gasteiger partial charge in [0.1, 0.15) is 0 Å². The van der Waals surface area contributed by atoms with Crippen LogP contribution in [0.3, 0.4) is 0 Å². The van der Waals surface area contributed by atoms with Crippen LogP contribution in [0.15, 0.2) is 29.3 Å². The van der Waals surface area contributed by atoms with Crippen molar-refractivity contribution in [2.45, 2.75) is 51.6 Å². The molecule has 166 valence electrons. The number of nitrogens with one attached hydrogen (secondary N) is 3. The molecule has 0 radical (unpaired) electrons. The number of aliphatic imine (C=N–C) groups is 1. The standard InChI is InChI=1S/C22H33N5O2.HI/c1-3-24-20(28)18-10-6-7-16(13-18)14-25-22(23-2)26-19-11-12-27(15-19)21(29)17-8-4-5-9-17;/h6-7,10,13,17,19H,3-5,8-9,11-12,14-15H2,1-2H3,(H,24,28)(H2,23,25,26);1H. The Balaban J connectivity index is 0.00000320. The maximum atomic E-state index is 12.6. The number of rotatable bonds is 6. The summed E-state index contributed by atoms with van der Waals surface area (Å²) >= 11 is 0. The Hall–Kier alpha value is -1.84. The Morgan fingerprint density at radius 2 is 1.93 bits per heavy atom. The SMILES string of the molecule is CCNC(=O)c1cccc(CNC(=NC)NC2CCN(C(=O)C3CCCC3)C2)c1.I. The van der Waals surface area contributed by atoms with Crippen molar-refractivity contribution >= 4 is 41.8 Å². The first-order valence-corrected chi connectivity index (χ1v) is 10.7. The number of carbonyl (C=O) groups is 2. The van der Waals surface area contributed by atoms with Crippen molar-refractivity contribution in [2.24, 2.45) is 10.9 Å². The van der Waals surface area contributed by atoms with Gasteiger partial charge in [-0.15, -0.1) is 24.0 Å². The van der Waals surface area contributed by atoms with Crippen molar-refractivity contribution in [2.75, 3.05) is 26.7 Å². The molecule has 1 atom stereocenters. The first-order valence-electron chi connectivity index (χ1n) is 10.7. The van der Waals surface area contributed by atoms with Crippen LogP contribution in [0.25, 0.3) is 0 Å². The molecule has 8 heteroatoms. The molecular weight excluding hydrogens is 493 g/mol. The molecule has 0 aromatic heterocycles. The van der Waals surface area contributed by atoms with Crippen LogP contribution in [-0.2, 0) is 11.3 Å². The van der Waals surface area contributed by atoms with Gasteiger partial charge in [-0.2, -0.15) is 0 Å². The van der Waals surface area contributed by atoms with Crippen LogP contribution in [0.2, 0.25) is 0 Å². The van der Waals surface area contributed by atoms with E-state index in [0.717, 1.165) is 37.9 Å². The second-order valence-corrected chi connectivity index (χ2v) is 7.88. The second-order valence-electron chi connectivity index (χ2n) is 7.88. The number of hydrogen-bond acceptors (Lipinski definition) is 3. The Kier molecular flexibility index (Phi) is 9.87. The highest BCUT2D eigenvalue weighted by Gasteiger charge is 2.32. The lowest BCUT2D eigenvalue weighted by Gasteiger charge is -2.21. The van der Waals surface area contributed by atoms with Gasteiger partial charge < -0.3 is 20.9 Å². The number of guanidine groups is 1. The fourth-order valence-corrected chi connectivity index (χ4v) is 4.17. The summed E-state index contributed by atoms with van der Waals surface area (Å²) in [6.07, 6.45) is 5.40. The van der Waals surface area contributed by atoms with E-state index in [2.05, 4.69) is 20.9 Å². The van der Waals surface area contributed by atoms with Gasteiger partial charge >= 0.3 is 0 Å². The van der Waals surface area contributed by atoms with Crippen molar-refractivity contribution in [1.82, 2.24) is 20.9 Å². The maximum Gasteiger partial charge on any atom is 0.251 e. The molecule has 2 aliphatic rings. The van der Waals surface area contributed by atoms with E-state index in [1.54, 1.807) is 7.05 Å². The van der Waals surface area contributed by atoms with E-state index in [-0.39, 0.29) is 41.8 Å². The predicted molar refractivity (Wildman–Crippen MR) is 130 cm³/mol. The summed E-state index contributed by atoms with van der Waals surface area (Å²) in [4.78, 5) is 30.9. The number of amides is 2. The highest BCUT2D eigenvalue weighted by molar-refractivity contribution is 14.0. The molecule has 1 unspecified atom stereocenters. The average molecular weight is 527 g/mol. The van der Waals surface area contributed by atoms with Crippen LogP contribution in [0.1, 0.15) is 54.9 Å². The maximum absolute atomic E-state index is 12.6. The van der Waals surface area contributed by atoms with Crippen molar-refractivity contribution in [3.8, 4) is 0 Å². The third kappa shape index (κ3) is 6.58. The van der Waals surface area contributed by atoms with Crippen molar-refractivity contribution in [3.05, 3.63) is 35.4 Å². The molecule has 30 heavy (non-hydrogen) atoms. The number of benzene rings is 1. The quantitative estimate of drug-likeness (QED) is 0.302. The topological polar surface area (TPSA) is 85.8 Å². The zero-order valence-electron chi connectivity index (χ0n) is 17.9. The van der Waals surface area contributed by atoms with Gasteiger partial charge in [0.2, 0.25) is 5.91 Å². The van der Waals surface area contributed by atoms with E-state index in [0.29, 0.717) is 30.5 Å². The lowest BCUT2D eigenvalue weighted by atomic mass is 10.1. The number of likely N-dealkylation sites (tertiary alicyclic amines) is 1. The summed E-state index contributed by atoms with van der Waals surface area (Å²) in [7, 11) is 1.75. The van der Waals surface area contributed by atoms with Crippen molar-refractivity contribution in [3.63, 3.8) is 0 Å². The lowest BCUT2D eigenvalue weighted by molar-refractivity contribution is -0.134. The zero-order chi connectivity index (χ0) is 20.6. The van der Waals surface area contributed by atoms with E-state index >= 15 is 0 Å². The summed E-state index contributed by atoms with van der Waals surface area (Å²) < 4.78 is 0. The molecule has 1 saturated heterocycles. The van der Waals surface area contributed by atoms with Crippen molar-refractivity contribution < 1.29 is 9.59 Å². The fourth-order valence-electron chi connectivity index (χ4n) is 4.17. The molecule has 1 aliphatic carbocycles. The summed E-state index contributed by atoms with van der Waals surface area (Å²) in [5.74, 6) is 1.23. The molecule has 1 saturated carbocycles. The van der Waals surface area contributed by atoms with Gasteiger partial charge in [-0.05, 0) is 43.9 Å². The molecule has 3 rings (SSSR count). The lowest BCUT2D eigenvalue weighted by Crippen LogP contribution is -2.45. The molecule has 7 nitrogen and oxygen atoms in total. The van der Waals surface area contributed by atoms with Crippen LogP contribution in [-0.4, -0.2) is 55.4 Å². The highest BCUT2D eigenvalue weighted by atomic mass is 127. The summed E-state index contributed by atoms with van der Waals surface area (Å²) in [5, 5.41) is 9.57. The number of halogens is 1. The van der Waals surface area contributed by atoms with E-state index in [1.807, 2.05) is 36.1 Å². The second kappa shape index (κ2) is 12.1. The van der Waals surface area contributed by atoms with Crippen LogP contribution in [0.4, 0.5) is 0 Å². The van der Waals surface area contributed by atoms with Crippen LogP contribution in [0.5, 0.6) is 0 Å². The van der Waals surface area contributed by atoms with E-state index in [1.165, 1.54) is 12.8 Å². The first kappa shape index (κ1) is 24.4. The van der Waals surface area contributed by atoms with E-state index in [9.17, 15) is 9.59 Å². The van der Waals surface area contributed by atoms with Crippen LogP contribution < -0.4 is 16.0 Å².